The first-order valence-electron chi connectivity index (χ1n) is 20.4. The number of carbonyl (C=O) groups is 4. The number of aromatic hydroxyl groups is 1. The number of rotatable bonds is 10. The summed E-state index contributed by atoms with van der Waals surface area (Å²) >= 11 is 0. The van der Waals surface area contributed by atoms with Gasteiger partial charge in [-0.1, -0.05) is 36.4 Å². The first-order chi connectivity index (χ1) is 27.2. The molecule has 5 heterocycles. The highest BCUT2D eigenvalue weighted by molar-refractivity contribution is 6.00. The Morgan fingerprint density at radius 1 is 0.893 bits per heavy atom. The van der Waals surface area contributed by atoms with Gasteiger partial charge in [-0.15, -0.1) is 0 Å². The number of carbonyl (C=O) groups excluding carboxylic acids is 4. The number of aromatic nitrogens is 2. The van der Waals surface area contributed by atoms with Crippen LogP contribution in [0.4, 0.5) is 5.69 Å². The number of likely N-dealkylation sites (N-methyl/N-ethyl adjacent to an activating group) is 1. The predicted octanol–water partition coefficient (Wildman–Crippen LogP) is 4.22. The van der Waals surface area contributed by atoms with Gasteiger partial charge >= 0.3 is 0 Å². The number of nitrogens with zero attached hydrogens (tertiary/aromatic N) is 6. The molecule has 0 bridgehead atoms. The van der Waals surface area contributed by atoms with E-state index in [2.05, 4.69) is 37.4 Å². The number of amides is 4. The molecule has 2 N–H and O–H groups in total. The third-order valence-corrected chi connectivity index (χ3v) is 12.7. The van der Waals surface area contributed by atoms with Crippen molar-refractivity contribution >= 4 is 29.3 Å². The average molecular weight is 764 g/mol. The third-order valence-electron chi connectivity index (χ3n) is 12.7. The molecule has 56 heavy (non-hydrogen) atoms. The van der Waals surface area contributed by atoms with Gasteiger partial charge in [-0.2, -0.15) is 10.2 Å². The highest BCUT2D eigenvalue weighted by Gasteiger charge is 2.49. The summed E-state index contributed by atoms with van der Waals surface area (Å²) in [7, 11) is 1.91. The summed E-state index contributed by atoms with van der Waals surface area (Å²) < 4.78 is 6.60. The molecule has 4 aliphatic heterocycles. The van der Waals surface area contributed by atoms with Crippen molar-refractivity contribution in [2.75, 3.05) is 57.8 Å². The van der Waals surface area contributed by atoms with E-state index in [1.807, 2.05) is 47.2 Å². The van der Waals surface area contributed by atoms with Crippen LogP contribution in [0.3, 0.4) is 0 Å². The first-order valence-corrected chi connectivity index (χ1v) is 20.4. The topological polar surface area (TPSA) is 149 Å². The zero-order valence-electron chi connectivity index (χ0n) is 32.3. The fourth-order valence-corrected chi connectivity index (χ4v) is 9.08. The van der Waals surface area contributed by atoms with Gasteiger partial charge in [-0.05, 0) is 93.3 Å². The van der Waals surface area contributed by atoms with Crippen LogP contribution in [0.1, 0.15) is 87.2 Å². The molecule has 2 aromatic carbocycles. The molecule has 4 amide bonds. The minimum Gasteiger partial charge on any atom is -0.507 e. The molecule has 8 rings (SSSR count). The van der Waals surface area contributed by atoms with Crippen LogP contribution in [0.2, 0.25) is 0 Å². The lowest BCUT2D eigenvalue weighted by Crippen LogP contribution is -2.59. The summed E-state index contributed by atoms with van der Waals surface area (Å²) in [5.74, 6) is 0.0914. The van der Waals surface area contributed by atoms with Crippen molar-refractivity contribution in [3.8, 4) is 17.0 Å². The number of phenols is 1. The number of piperidine rings is 4. The number of ether oxygens (including phenoxy) is 1. The molecule has 0 radical (unpaired) electrons. The third kappa shape index (κ3) is 8.29. The summed E-state index contributed by atoms with van der Waals surface area (Å²) in [4.78, 5) is 60.0. The van der Waals surface area contributed by atoms with Gasteiger partial charge in [0.1, 0.15) is 5.75 Å². The number of nitrogens with one attached hydrogen (secondary N) is 1. The van der Waals surface area contributed by atoms with E-state index in [1.165, 1.54) is 5.56 Å². The molecule has 13 nitrogen and oxygen atoms in total. The number of anilines is 1. The fourth-order valence-electron chi connectivity index (χ4n) is 9.08. The summed E-state index contributed by atoms with van der Waals surface area (Å²) in [5.41, 5.74) is 3.47. The number of phenolic OH excluding ortho intramolecular Hbond substituents is 1. The van der Waals surface area contributed by atoms with Crippen LogP contribution in [0.25, 0.3) is 11.3 Å². The van der Waals surface area contributed by atoms with E-state index in [0.29, 0.717) is 75.6 Å². The average Bonchev–Trinajstić information content (AvgIpc) is 4.05. The highest BCUT2D eigenvalue weighted by Crippen LogP contribution is 2.39. The summed E-state index contributed by atoms with van der Waals surface area (Å²) in [6.07, 6.45) is 9.34. The van der Waals surface area contributed by atoms with Gasteiger partial charge < -0.3 is 24.5 Å². The predicted molar refractivity (Wildman–Crippen MR) is 210 cm³/mol. The first kappa shape index (κ1) is 38.0. The second-order valence-corrected chi connectivity index (χ2v) is 16.4. The molecule has 1 unspecified atom stereocenters. The van der Waals surface area contributed by atoms with E-state index in [-0.39, 0.29) is 47.4 Å². The molecule has 3 aromatic rings. The second-order valence-electron chi connectivity index (χ2n) is 16.4. The molecule has 5 fully saturated rings. The lowest BCUT2D eigenvalue weighted by molar-refractivity contribution is -0.166. The molecular weight excluding hydrogens is 711 g/mol. The maximum Gasteiger partial charge on any atom is 0.254 e. The molecule has 13 heteroatoms. The Balaban J connectivity index is 0.804. The lowest BCUT2D eigenvalue weighted by Gasteiger charge is -2.45. The maximum absolute atomic E-state index is 14.3. The molecular formula is C43H53N7O6. The smallest absolute Gasteiger partial charge is 0.254 e. The van der Waals surface area contributed by atoms with Gasteiger partial charge in [0.25, 0.3) is 5.91 Å². The van der Waals surface area contributed by atoms with Crippen LogP contribution in [0.5, 0.6) is 5.75 Å². The number of imide groups is 1. The van der Waals surface area contributed by atoms with Crippen molar-refractivity contribution in [1.29, 1.82) is 0 Å². The van der Waals surface area contributed by atoms with Gasteiger partial charge in [0.2, 0.25) is 17.7 Å². The van der Waals surface area contributed by atoms with Gasteiger partial charge in [-0.3, -0.25) is 29.4 Å². The molecule has 0 spiro atoms. The zero-order chi connectivity index (χ0) is 38.8. The second kappa shape index (κ2) is 16.3. The van der Waals surface area contributed by atoms with Crippen LogP contribution in [0, 0.1) is 0 Å². The number of likely N-dealkylation sites (tertiary alicyclic amines) is 2. The van der Waals surface area contributed by atoms with E-state index >= 15 is 0 Å². The fraction of sp³-hybridized carbons (Fsp3) is 0.535. The summed E-state index contributed by atoms with van der Waals surface area (Å²) in [6, 6.07) is 17.4. The van der Waals surface area contributed by atoms with Crippen LogP contribution in [-0.4, -0.2) is 124 Å². The molecule has 4 saturated heterocycles. The minimum atomic E-state index is -0.873. The van der Waals surface area contributed by atoms with Crippen molar-refractivity contribution < 1.29 is 29.0 Å². The van der Waals surface area contributed by atoms with Crippen molar-refractivity contribution in [2.45, 2.75) is 93.8 Å². The van der Waals surface area contributed by atoms with Gasteiger partial charge in [-0.25, -0.2) is 0 Å². The number of benzene rings is 2. The van der Waals surface area contributed by atoms with Crippen molar-refractivity contribution in [2.24, 2.45) is 0 Å². The van der Waals surface area contributed by atoms with E-state index in [4.69, 9.17) is 4.74 Å². The molecule has 1 saturated carbocycles. The van der Waals surface area contributed by atoms with Gasteiger partial charge in [0, 0.05) is 64.1 Å². The van der Waals surface area contributed by atoms with Crippen LogP contribution < -0.4 is 10.2 Å². The standard InChI is InChI=1S/C43H53N7O6/c1-47(42(55)43(56-34-10-11-34)18-24-49(25-19-43)33-26-37(46-44-27-33)36-4-2-3-5-38(36)51)32-16-22-50(23-17-32)40(53)28-48-20-14-30(15-21-48)29-6-8-31(9-7-29)35-12-13-39(52)45-41(35)54/h2-9,26-27,30,32,34-35,51H,10-25,28H2,1H3,(H,45,52,54). The Bertz CT molecular complexity index is 1910. The summed E-state index contributed by atoms with van der Waals surface area (Å²) in [5, 5.41) is 21.3. The maximum atomic E-state index is 14.3. The highest BCUT2D eigenvalue weighted by atomic mass is 16.5. The Morgan fingerprint density at radius 2 is 1.59 bits per heavy atom. The Morgan fingerprint density at radius 3 is 2.27 bits per heavy atom. The SMILES string of the molecule is CN(C(=O)C1(OC2CC2)CCN(c2cnnc(-c3ccccc3O)c2)CC1)C1CCN(C(=O)CN2CCC(c3ccc(C4CCC(=O)NC4=O)cc3)CC2)CC1. The number of hydrogen-bond donors (Lipinski definition) is 2. The molecule has 1 aromatic heterocycles. The van der Waals surface area contributed by atoms with E-state index < -0.39 is 5.60 Å². The lowest BCUT2D eigenvalue weighted by atomic mass is 9.86. The molecule has 1 aliphatic carbocycles. The number of para-hydroxylation sites is 1. The number of hydrogen-bond acceptors (Lipinski definition) is 10. The normalized spacial score (nSPS) is 22.5. The van der Waals surface area contributed by atoms with E-state index in [1.54, 1.807) is 18.3 Å². The van der Waals surface area contributed by atoms with Crippen LogP contribution >= 0.6 is 0 Å². The van der Waals surface area contributed by atoms with Crippen molar-refractivity contribution in [1.82, 2.24) is 30.2 Å². The largest absolute Gasteiger partial charge is 0.507 e. The Kier molecular flexibility index (Phi) is 11.1. The van der Waals surface area contributed by atoms with Gasteiger partial charge in [0.15, 0.2) is 5.60 Å². The van der Waals surface area contributed by atoms with Crippen molar-refractivity contribution in [3.05, 3.63) is 71.9 Å². The van der Waals surface area contributed by atoms with Gasteiger partial charge in [0.05, 0.1) is 36.1 Å². The van der Waals surface area contributed by atoms with Crippen LogP contribution in [-0.2, 0) is 23.9 Å². The quantitative estimate of drug-likeness (QED) is 0.288. The van der Waals surface area contributed by atoms with E-state index in [9.17, 15) is 24.3 Å². The van der Waals surface area contributed by atoms with Crippen LogP contribution in [0.15, 0.2) is 60.8 Å². The zero-order valence-corrected chi connectivity index (χ0v) is 32.3. The molecule has 1 atom stereocenters. The molecule has 5 aliphatic rings. The van der Waals surface area contributed by atoms with Crippen molar-refractivity contribution in [3.63, 3.8) is 0 Å². The monoisotopic (exact) mass is 763 g/mol. The summed E-state index contributed by atoms with van der Waals surface area (Å²) in [6.45, 7) is 4.67. The minimum absolute atomic E-state index is 0.0464. The molecule has 296 valence electrons. The Hall–Kier alpha value is -4.88. The van der Waals surface area contributed by atoms with E-state index in [0.717, 1.165) is 62.9 Å². The Labute approximate surface area is 328 Å².